The average molecular weight is 469 g/mol. The Morgan fingerprint density at radius 1 is 1.12 bits per heavy atom. The molecule has 0 aliphatic carbocycles. The van der Waals surface area contributed by atoms with Crippen LogP contribution in [0.5, 0.6) is 0 Å². The Hall–Kier alpha value is -2.83. The van der Waals surface area contributed by atoms with Gasteiger partial charge in [0.05, 0.1) is 24.3 Å². The lowest BCUT2D eigenvalue weighted by Crippen LogP contribution is -2.50. The number of carbonyl (C=O) groups is 2. The van der Waals surface area contributed by atoms with Crippen molar-refractivity contribution >= 4 is 34.4 Å². The molecule has 0 unspecified atom stereocenters. The number of ether oxygens (including phenoxy) is 1. The SMILES string of the molecule is Cn1c2c(c3ccccc31)C[C@H](CO)N(C(=O)CCl)[C@H]2c1ccc(C(=O)OC(C)(C)C)cc1. The zero-order valence-electron chi connectivity index (χ0n) is 19.3. The second-order valence-electron chi connectivity index (χ2n) is 9.44. The lowest BCUT2D eigenvalue weighted by molar-refractivity contribution is -0.134. The summed E-state index contributed by atoms with van der Waals surface area (Å²) in [5, 5.41) is 11.3. The quantitative estimate of drug-likeness (QED) is 0.460. The lowest BCUT2D eigenvalue weighted by atomic mass is 9.87. The molecule has 0 saturated carbocycles. The van der Waals surface area contributed by atoms with Crippen LogP contribution < -0.4 is 0 Å². The number of benzene rings is 2. The summed E-state index contributed by atoms with van der Waals surface area (Å²) in [4.78, 5) is 27.2. The van der Waals surface area contributed by atoms with Crippen LogP contribution in [0, 0.1) is 0 Å². The number of para-hydroxylation sites is 1. The predicted molar refractivity (Wildman–Crippen MR) is 129 cm³/mol. The molecular formula is C26H29ClN2O4. The number of esters is 1. The van der Waals surface area contributed by atoms with Gasteiger partial charge in [0.1, 0.15) is 11.5 Å². The molecule has 0 radical (unpaired) electrons. The minimum atomic E-state index is -0.588. The van der Waals surface area contributed by atoms with Crippen LogP contribution >= 0.6 is 11.6 Å². The molecule has 2 heterocycles. The Labute approximate surface area is 198 Å². The Morgan fingerprint density at radius 2 is 1.79 bits per heavy atom. The van der Waals surface area contributed by atoms with Gasteiger partial charge in [-0.1, -0.05) is 30.3 Å². The molecule has 7 heteroatoms. The second-order valence-corrected chi connectivity index (χ2v) is 9.71. The number of aryl methyl sites for hydroxylation is 1. The Balaban J connectivity index is 1.85. The Kier molecular flexibility index (Phi) is 6.25. The lowest BCUT2D eigenvalue weighted by Gasteiger charge is -2.42. The van der Waals surface area contributed by atoms with Crippen molar-refractivity contribution in [3.63, 3.8) is 0 Å². The number of rotatable bonds is 4. The summed E-state index contributed by atoms with van der Waals surface area (Å²) in [5.74, 6) is -0.819. The van der Waals surface area contributed by atoms with Gasteiger partial charge in [-0.2, -0.15) is 0 Å². The van der Waals surface area contributed by atoms with Gasteiger partial charge in [-0.3, -0.25) is 4.79 Å². The van der Waals surface area contributed by atoms with Gasteiger partial charge in [-0.25, -0.2) is 4.79 Å². The molecule has 1 aromatic heterocycles. The van der Waals surface area contributed by atoms with E-state index in [2.05, 4.69) is 16.7 Å². The number of alkyl halides is 1. The highest BCUT2D eigenvalue weighted by molar-refractivity contribution is 6.27. The molecule has 1 aliphatic heterocycles. The minimum absolute atomic E-state index is 0.169. The van der Waals surface area contributed by atoms with Crippen molar-refractivity contribution in [2.45, 2.75) is 44.9 Å². The second kappa shape index (κ2) is 8.84. The highest BCUT2D eigenvalue weighted by Crippen LogP contribution is 2.42. The average Bonchev–Trinajstić information content (AvgIpc) is 3.08. The fourth-order valence-corrected chi connectivity index (χ4v) is 4.90. The van der Waals surface area contributed by atoms with Gasteiger partial charge in [0, 0.05) is 23.6 Å². The van der Waals surface area contributed by atoms with E-state index in [-0.39, 0.29) is 18.4 Å². The molecule has 1 N–H and O–H groups in total. The van der Waals surface area contributed by atoms with E-state index in [1.807, 2.05) is 52.1 Å². The van der Waals surface area contributed by atoms with E-state index in [4.69, 9.17) is 16.3 Å². The number of fused-ring (bicyclic) bond motifs is 3. The molecule has 0 spiro atoms. The summed E-state index contributed by atoms with van der Waals surface area (Å²) in [6.45, 7) is 5.31. The van der Waals surface area contributed by atoms with Gasteiger partial charge in [0.2, 0.25) is 5.91 Å². The number of aliphatic hydroxyl groups is 1. The van der Waals surface area contributed by atoms with Crippen LogP contribution in [0.4, 0.5) is 0 Å². The van der Waals surface area contributed by atoms with Gasteiger partial charge in [-0.15, -0.1) is 11.6 Å². The van der Waals surface area contributed by atoms with E-state index < -0.39 is 23.7 Å². The molecule has 1 amide bonds. The molecule has 2 atom stereocenters. The van der Waals surface area contributed by atoms with Crippen molar-refractivity contribution in [2.75, 3.05) is 12.5 Å². The van der Waals surface area contributed by atoms with Gasteiger partial charge in [0.25, 0.3) is 0 Å². The van der Waals surface area contributed by atoms with Crippen molar-refractivity contribution in [3.05, 3.63) is 70.9 Å². The van der Waals surface area contributed by atoms with Crippen LogP contribution in [-0.4, -0.2) is 50.6 Å². The number of halogens is 1. The number of nitrogens with zero attached hydrogens (tertiary/aromatic N) is 2. The Bertz CT molecular complexity index is 1190. The van der Waals surface area contributed by atoms with Crippen LogP contribution in [0.2, 0.25) is 0 Å². The number of aromatic nitrogens is 1. The van der Waals surface area contributed by atoms with Crippen LogP contribution in [-0.2, 0) is 23.0 Å². The summed E-state index contributed by atoms with van der Waals surface area (Å²) >= 11 is 5.99. The van der Waals surface area contributed by atoms with Crippen molar-refractivity contribution in [1.29, 1.82) is 0 Å². The maximum Gasteiger partial charge on any atom is 0.338 e. The van der Waals surface area contributed by atoms with Crippen LogP contribution in [0.1, 0.15) is 54.0 Å². The van der Waals surface area contributed by atoms with Crippen molar-refractivity contribution < 1.29 is 19.4 Å². The summed E-state index contributed by atoms with van der Waals surface area (Å²) in [6, 6.07) is 14.4. The van der Waals surface area contributed by atoms with Gasteiger partial charge in [0.15, 0.2) is 0 Å². The molecule has 6 nitrogen and oxygen atoms in total. The third-order valence-electron chi connectivity index (χ3n) is 6.11. The molecule has 0 saturated heterocycles. The Morgan fingerprint density at radius 3 is 2.39 bits per heavy atom. The van der Waals surface area contributed by atoms with E-state index in [1.165, 1.54) is 0 Å². The predicted octanol–water partition coefficient (Wildman–Crippen LogP) is 4.21. The van der Waals surface area contributed by atoms with E-state index in [0.29, 0.717) is 12.0 Å². The van der Waals surface area contributed by atoms with Gasteiger partial charge < -0.3 is 19.3 Å². The third kappa shape index (κ3) is 4.25. The normalized spacial score (nSPS) is 18.3. The van der Waals surface area contributed by atoms with Crippen molar-refractivity contribution in [3.8, 4) is 0 Å². The van der Waals surface area contributed by atoms with E-state index in [9.17, 15) is 14.7 Å². The smallest absolute Gasteiger partial charge is 0.338 e. The van der Waals surface area contributed by atoms with E-state index in [0.717, 1.165) is 27.7 Å². The summed E-state index contributed by atoms with van der Waals surface area (Å²) < 4.78 is 7.59. The van der Waals surface area contributed by atoms with E-state index in [1.54, 1.807) is 17.0 Å². The molecule has 174 valence electrons. The number of hydrogen-bond acceptors (Lipinski definition) is 4. The molecular weight excluding hydrogens is 440 g/mol. The molecule has 3 aromatic rings. The first-order valence-corrected chi connectivity index (χ1v) is 11.6. The minimum Gasteiger partial charge on any atom is -0.456 e. The third-order valence-corrected chi connectivity index (χ3v) is 6.33. The maximum atomic E-state index is 13.0. The fraction of sp³-hybridized carbons (Fsp3) is 0.385. The highest BCUT2D eigenvalue weighted by atomic mass is 35.5. The molecule has 0 bridgehead atoms. The highest BCUT2D eigenvalue weighted by Gasteiger charge is 2.40. The van der Waals surface area contributed by atoms with Crippen LogP contribution in [0.15, 0.2) is 48.5 Å². The maximum absolute atomic E-state index is 13.0. The first kappa shape index (κ1) is 23.3. The zero-order valence-corrected chi connectivity index (χ0v) is 20.1. The van der Waals surface area contributed by atoms with Crippen LogP contribution in [0.25, 0.3) is 10.9 Å². The molecule has 0 fully saturated rings. The number of carbonyl (C=O) groups excluding carboxylic acids is 2. The van der Waals surface area contributed by atoms with E-state index >= 15 is 0 Å². The van der Waals surface area contributed by atoms with Crippen molar-refractivity contribution in [1.82, 2.24) is 9.47 Å². The number of hydrogen-bond donors (Lipinski definition) is 1. The van der Waals surface area contributed by atoms with Crippen LogP contribution in [0.3, 0.4) is 0 Å². The van der Waals surface area contributed by atoms with Gasteiger partial charge >= 0.3 is 5.97 Å². The summed E-state index contributed by atoms with van der Waals surface area (Å²) in [6.07, 6.45) is 0.544. The standard InChI is InChI=1S/C26H29ClN2O4/c1-26(2,3)33-25(32)17-11-9-16(10-12-17)23-24-20(13-18(15-30)29(23)22(31)14-27)19-7-5-6-8-21(19)28(24)4/h5-12,18,23,30H,13-15H2,1-4H3/t18-,23+/m1/s1. The molecule has 2 aromatic carbocycles. The molecule has 4 rings (SSSR count). The first-order chi connectivity index (χ1) is 15.7. The summed E-state index contributed by atoms with van der Waals surface area (Å²) in [7, 11) is 1.99. The summed E-state index contributed by atoms with van der Waals surface area (Å²) in [5.41, 5.74) is 3.86. The zero-order chi connectivity index (χ0) is 23.9. The fourth-order valence-electron chi connectivity index (χ4n) is 4.76. The first-order valence-electron chi connectivity index (χ1n) is 11.0. The number of aliphatic hydroxyl groups excluding tert-OH is 1. The largest absolute Gasteiger partial charge is 0.456 e. The molecule has 33 heavy (non-hydrogen) atoms. The molecule has 1 aliphatic rings. The monoisotopic (exact) mass is 468 g/mol. The van der Waals surface area contributed by atoms with Gasteiger partial charge in [-0.05, 0) is 56.5 Å². The topological polar surface area (TPSA) is 71.8 Å². The van der Waals surface area contributed by atoms with Crippen molar-refractivity contribution in [2.24, 2.45) is 7.05 Å². The number of amides is 1.